The molecule has 0 saturated heterocycles. The highest BCUT2D eigenvalue weighted by atomic mass is 19.4. The molecule has 0 fully saturated rings. The molecule has 0 unspecified atom stereocenters. The van der Waals surface area contributed by atoms with Crippen LogP contribution in [-0.4, -0.2) is 14.5 Å². The Morgan fingerprint density at radius 3 is 1.14 bits per heavy atom. The van der Waals surface area contributed by atoms with E-state index in [-0.39, 0.29) is 67.3 Å². The molecule has 7 nitrogen and oxygen atoms in total. The van der Waals surface area contributed by atoms with Crippen LogP contribution in [0, 0.1) is 45.3 Å². The number of fused-ring (bicyclic) bond motifs is 3. The van der Waals surface area contributed by atoms with Crippen LogP contribution in [-0.2, 0) is 12.4 Å². The van der Waals surface area contributed by atoms with Crippen LogP contribution in [0.2, 0.25) is 0 Å². The monoisotopic (exact) mass is 1010 g/mol. The first-order valence-corrected chi connectivity index (χ1v) is 23.7. The van der Waals surface area contributed by atoms with E-state index in [9.17, 15) is 21.0 Å². The number of hydrogen-bond acceptors (Lipinski definition) is 6. The first-order valence-electron chi connectivity index (χ1n) is 23.7. The van der Waals surface area contributed by atoms with E-state index in [0.29, 0.717) is 60.9 Å². The summed E-state index contributed by atoms with van der Waals surface area (Å²) in [6.45, 7) is 0. The molecule has 0 amide bonds. The van der Waals surface area contributed by atoms with E-state index < -0.39 is 23.5 Å². The lowest BCUT2D eigenvalue weighted by Gasteiger charge is -2.24. The van der Waals surface area contributed by atoms with Gasteiger partial charge in [0.2, 0.25) is 0 Å². The number of nitriles is 4. The fourth-order valence-electron chi connectivity index (χ4n) is 9.90. The zero-order valence-electron chi connectivity index (χ0n) is 40.0. The second kappa shape index (κ2) is 19.3. The van der Waals surface area contributed by atoms with Crippen molar-refractivity contribution in [2.45, 2.75) is 12.4 Å². The summed E-state index contributed by atoms with van der Waals surface area (Å²) in [7, 11) is 0. The maximum atomic E-state index is 15.6. The number of halogens is 6. The smallest absolute Gasteiger partial charge is 0.308 e. The maximum Gasteiger partial charge on any atom is 0.417 e. The van der Waals surface area contributed by atoms with Gasteiger partial charge in [0.25, 0.3) is 0 Å². The van der Waals surface area contributed by atoms with E-state index in [1.54, 1.807) is 95.6 Å². The summed E-state index contributed by atoms with van der Waals surface area (Å²) in [5, 5.41) is 40.7. The zero-order valence-corrected chi connectivity index (χ0v) is 40.0. The van der Waals surface area contributed by atoms with Gasteiger partial charge in [-0.1, -0.05) is 109 Å². The van der Waals surface area contributed by atoms with Crippen molar-refractivity contribution in [1.29, 1.82) is 21.0 Å². The van der Waals surface area contributed by atoms with Crippen molar-refractivity contribution in [2.24, 2.45) is 0 Å². The van der Waals surface area contributed by atoms with Gasteiger partial charge in [-0.3, -0.25) is 0 Å². The van der Waals surface area contributed by atoms with Gasteiger partial charge < -0.3 is 4.57 Å². The number of nitrogens with zero attached hydrogens (tertiary/aromatic N) is 7. The van der Waals surface area contributed by atoms with Gasteiger partial charge >= 0.3 is 12.4 Å². The lowest BCUT2D eigenvalue weighted by molar-refractivity contribution is -0.137. The van der Waals surface area contributed by atoms with Gasteiger partial charge in [0.05, 0.1) is 85.8 Å². The molecule has 0 atom stereocenters. The van der Waals surface area contributed by atoms with Gasteiger partial charge in [-0.25, -0.2) is 9.97 Å². The Bertz CT molecular complexity index is 4030. The third-order valence-corrected chi connectivity index (χ3v) is 13.3. The quantitative estimate of drug-likeness (QED) is 0.140. The number of alkyl halides is 6. The Morgan fingerprint density at radius 2 is 0.727 bits per heavy atom. The zero-order chi connectivity index (χ0) is 53.6. The highest BCUT2D eigenvalue weighted by Crippen LogP contribution is 2.50. The lowest BCUT2D eigenvalue weighted by atomic mass is 9.88. The SMILES string of the molecule is N#Cc1cc(C#N)cc(-c2ccc3c(c2)c2cc(-c4cc(C#N)cc(C#N)c4)ccc2n3-c2c(-c3ccccc3C(F)(F)F)cc(-c3cc(-c4ccccc4)nc(-c4ccccc4)n3)cc2-c2ccccc2C(F)(F)F)c1. The minimum Gasteiger partial charge on any atom is -0.308 e. The van der Waals surface area contributed by atoms with Crippen LogP contribution in [0.25, 0.3) is 106 Å². The second-order valence-electron chi connectivity index (χ2n) is 18.0. The first-order chi connectivity index (χ1) is 37.2. The predicted octanol–water partition coefficient (Wildman–Crippen LogP) is 16.8. The fourth-order valence-corrected chi connectivity index (χ4v) is 9.90. The average Bonchev–Trinajstić information content (AvgIpc) is 4.08. The van der Waals surface area contributed by atoms with E-state index in [0.717, 1.165) is 12.1 Å². The fraction of sp³-hybridized carbons (Fsp3) is 0.0312. The summed E-state index contributed by atoms with van der Waals surface area (Å²) >= 11 is 0. The predicted molar refractivity (Wildman–Crippen MR) is 283 cm³/mol. The van der Waals surface area contributed by atoms with E-state index in [1.807, 2.05) is 36.4 Å². The van der Waals surface area contributed by atoms with E-state index >= 15 is 26.3 Å². The third-order valence-electron chi connectivity index (χ3n) is 13.3. The Hall–Kier alpha value is -10.6. The van der Waals surface area contributed by atoms with Crippen LogP contribution in [0.1, 0.15) is 33.4 Å². The number of rotatable bonds is 8. The van der Waals surface area contributed by atoms with Crippen molar-refractivity contribution in [3.05, 3.63) is 234 Å². The molecule has 11 aromatic rings. The lowest BCUT2D eigenvalue weighted by Crippen LogP contribution is -2.11. The van der Waals surface area contributed by atoms with Crippen molar-refractivity contribution >= 4 is 21.8 Å². The number of hydrogen-bond donors (Lipinski definition) is 0. The molecular weight excluding hydrogens is 981 g/mol. The summed E-state index contributed by atoms with van der Waals surface area (Å²) < 4.78 is 95.5. The van der Waals surface area contributed by atoms with Crippen molar-refractivity contribution in [1.82, 2.24) is 14.5 Å². The molecule has 13 heteroatoms. The Balaban J connectivity index is 1.32. The molecule has 0 spiro atoms. The molecule has 2 aromatic heterocycles. The van der Waals surface area contributed by atoms with Gasteiger partial charge in [0.15, 0.2) is 5.82 Å². The van der Waals surface area contributed by atoms with Gasteiger partial charge in [-0.2, -0.15) is 47.4 Å². The van der Waals surface area contributed by atoms with Crippen molar-refractivity contribution in [2.75, 3.05) is 0 Å². The molecule has 0 aliphatic rings. The molecule has 0 radical (unpaired) electrons. The largest absolute Gasteiger partial charge is 0.417 e. The molecule has 0 bridgehead atoms. The molecule has 9 aromatic carbocycles. The van der Waals surface area contributed by atoms with Gasteiger partial charge in [0, 0.05) is 38.6 Å². The minimum atomic E-state index is -4.95. The number of aromatic nitrogens is 3. The van der Waals surface area contributed by atoms with Crippen molar-refractivity contribution in [3.63, 3.8) is 0 Å². The third kappa shape index (κ3) is 9.16. The van der Waals surface area contributed by atoms with Gasteiger partial charge in [0.1, 0.15) is 0 Å². The highest BCUT2D eigenvalue weighted by Gasteiger charge is 2.37. The van der Waals surface area contributed by atoms with Crippen molar-refractivity contribution < 1.29 is 26.3 Å². The minimum absolute atomic E-state index is 0.0280. The summed E-state index contributed by atoms with van der Waals surface area (Å²) in [6, 6.07) is 60.9. The summed E-state index contributed by atoms with van der Waals surface area (Å²) in [5.74, 6) is 0.263. The molecule has 0 saturated carbocycles. The van der Waals surface area contributed by atoms with Crippen LogP contribution in [0.3, 0.4) is 0 Å². The van der Waals surface area contributed by atoms with E-state index in [2.05, 4.69) is 24.3 Å². The average molecular weight is 1010 g/mol. The molecule has 366 valence electrons. The van der Waals surface area contributed by atoms with Crippen LogP contribution < -0.4 is 0 Å². The molecule has 2 heterocycles. The number of benzene rings is 9. The van der Waals surface area contributed by atoms with Gasteiger partial charge in [-0.15, -0.1) is 0 Å². The highest BCUT2D eigenvalue weighted by molar-refractivity contribution is 6.13. The molecule has 11 rings (SSSR count). The summed E-state index contributed by atoms with van der Waals surface area (Å²) in [5.41, 5.74) is 2.86. The second-order valence-corrected chi connectivity index (χ2v) is 18.0. The Morgan fingerprint density at radius 1 is 0.338 bits per heavy atom. The van der Waals surface area contributed by atoms with Gasteiger partial charge in [-0.05, 0) is 124 Å². The van der Waals surface area contributed by atoms with Crippen LogP contribution in [0.5, 0.6) is 0 Å². The molecule has 0 aliphatic heterocycles. The summed E-state index contributed by atoms with van der Waals surface area (Å²) in [6.07, 6.45) is -9.90. The molecule has 0 N–H and O–H groups in total. The first kappa shape index (κ1) is 48.7. The maximum absolute atomic E-state index is 15.6. The molecular formula is C64H33F6N7. The van der Waals surface area contributed by atoms with E-state index in [4.69, 9.17) is 9.97 Å². The van der Waals surface area contributed by atoms with Crippen molar-refractivity contribution in [3.8, 4) is 108 Å². The summed E-state index contributed by atoms with van der Waals surface area (Å²) in [4.78, 5) is 9.89. The van der Waals surface area contributed by atoms with Crippen LogP contribution in [0.4, 0.5) is 26.3 Å². The van der Waals surface area contributed by atoms with Crippen LogP contribution in [0.15, 0.2) is 200 Å². The molecule has 0 aliphatic carbocycles. The van der Waals surface area contributed by atoms with Crippen LogP contribution >= 0.6 is 0 Å². The van der Waals surface area contributed by atoms with E-state index in [1.165, 1.54) is 60.7 Å². The standard InChI is InChI=1S/C64H33F6N7/c65-63(66,67)55-17-9-7-15-49(55)53-31-48(58-33-57(42-11-3-1-4-12-42)75-62(76-58)43-13-5-2-6-14-43)32-54(50-16-8-10-18-56(50)64(68,69)70)61(53)77-59-21-19-44(46-25-38(34-71)23-39(26-46)35-72)29-51(59)52-30-45(20-22-60(52)77)47-27-40(36-73)24-41(28-47)37-74/h1-33H. The normalized spacial score (nSPS) is 11.5. The Labute approximate surface area is 436 Å². The Kier molecular flexibility index (Phi) is 12.2. The molecule has 77 heavy (non-hydrogen) atoms. The topological polar surface area (TPSA) is 126 Å².